The Kier molecular flexibility index (Phi) is 10.5. The highest BCUT2D eigenvalue weighted by atomic mass is 19.4. The smallest absolute Gasteiger partial charge is 0.386 e. The molecule has 4 aromatic rings. The van der Waals surface area contributed by atoms with Gasteiger partial charge in [-0.05, 0) is 82.3 Å². The topological polar surface area (TPSA) is 136 Å². The number of amides is 3. The number of alkyl halides is 3. The van der Waals surface area contributed by atoms with Gasteiger partial charge in [0, 0.05) is 91.9 Å². The number of fused-ring (bicyclic) bond motifs is 1. The predicted octanol–water partition coefficient (Wildman–Crippen LogP) is 5.72. The van der Waals surface area contributed by atoms with E-state index >= 15 is 8.78 Å². The van der Waals surface area contributed by atoms with E-state index in [1.807, 2.05) is 15.8 Å². The minimum Gasteiger partial charge on any atom is -0.386 e. The number of pyridine rings is 1. The van der Waals surface area contributed by atoms with Gasteiger partial charge in [0.15, 0.2) is 0 Å². The van der Waals surface area contributed by atoms with Crippen LogP contribution in [0.15, 0.2) is 48.7 Å². The van der Waals surface area contributed by atoms with Crippen LogP contribution in [0.4, 0.5) is 33.3 Å². The van der Waals surface area contributed by atoms with E-state index in [1.54, 1.807) is 26.0 Å². The molecule has 2 aromatic heterocycles. The molecule has 3 amide bonds. The van der Waals surface area contributed by atoms with E-state index < -0.39 is 58.4 Å². The quantitative estimate of drug-likeness (QED) is 0.151. The van der Waals surface area contributed by atoms with Gasteiger partial charge in [-0.2, -0.15) is 18.3 Å². The largest absolute Gasteiger partial charge is 0.433 e. The average molecular weight is 809 g/mol. The molecule has 3 aliphatic heterocycles. The molecule has 4 aliphatic rings. The van der Waals surface area contributed by atoms with Gasteiger partial charge >= 0.3 is 6.18 Å². The number of piperazine rings is 1. The van der Waals surface area contributed by atoms with Crippen molar-refractivity contribution >= 4 is 40.0 Å². The van der Waals surface area contributed by atoms with Crippen LogP contribution in [-0.4, -0.2) is 98.7 Å². The Bertz CT molecular complexity index is 2210. The van der Waals surface area contributed by atoms with E-state index in [-0.39, 0.29) is 36.2 Å². The maximum absolute atomic E-state index is 15.1. The van der Waals surface area contributed by atoms with E-state index in [1.165, 1.54) is 18.2 Å². The summed E-state index contributed by atoms with van der Waals surface area (Å²) < 4.78 is 71.9. The molecule has 3 saturated heterocycles. The Morgan fingerprint density at radius 2 is 1.52 bits per heavy atom. The second kappa shape index (κ2) is 15.3. The van der Waals surface area contributed by atoms with Gasteiger partial charge < -0.3 is 15.3 Å². The maximum atomic E-state index is 15.1. The maximum Gasteiger partial charge on any atom is 0.433 e. The first-order valence-electron chi connectivity index (χ1n) is 19.7. The third-order valence-corrected chi connectivity index (χ3v) is 12.1. The SMILES string of the molecule is CC(C)(O)c1cc2nn(C3CCC(N4CCN(C5CN(c6cc(F)c([C@H]7CCC(=O)NC7=O)c(F)c6)C5)CC4)CC3)cc2cc1NC(=O)c1cccc(C(F)(F)F)n1. The summed E-state index contributed by atoms with van der Waals surface area (Å²) in [5.74, 6) is -4.51. The van der Waals surface area contributed by atoms with Crippen LogP contribution >= 0.6 is 0 Å². The number of imide groups is 1. The van der Waals surface area contributed by atoms with Crippen LogP contribution in [0.1, 0.15) is 91.6 Å². The van der Waals surface area contributed by atoms with Crippen molar-refractivity contribution in [3.8, 4) is 0 Å². The molecular weight excluding hydrogens is 763 g/mol. The predicted molar refractivity (Wildman–Crippen MR) is 204 cm³/mol. The van der Waals surface area contributed by atoms with Crippen LogP contribution in [0, 0.1) is 11.6 Å². The molecule has 2 aromatic carbocycles. The van der Waals surface area contributed by atoms with Crippen LogP contribution in [0.5, 0.6) is 0 Å². The second-order valence-electron chi connectivity index (χ2n) is 16.4. The average Bonchev–Trinajstić information content (AvgIpc) is 3.57. The summed E-state index contributed by atoms with van der Waals surface area (Å²) >= 11 is 0. The van der Waals surface area contributed by atoms with Crippen molar-refractivity contribution in [1.29, 1.82) is 0 Å². The summed E-state index contributed by atoms with van der Waals surface area (Å²) in [6.07, 6.45) is 1.13. The molecule has 308 valence electrons. The molecule has 17 heteroatoms. The molecule has 12 nitrogen and oxygen atoms in total. The van der Waals surface area contributed by atoms with Crippen molar-refractivity contribution in [3.05, 3.63) is 82.8 Å². The molecule has 8 rings (SSSR count). The molecule has 3 N–H and O–H groups in total. The summed E-state index contributed by atoms with van der Waals surface area (Å²) in [5, 5.41) is 21.4. The molecule has 4 fully saturated rings. The zero-order chi connectivity index (χ0) is 41.1. The molecule has 0 radical (unpaired) electrons. The lowest BCUT2D eigenvalue weighted by Crippen LogP contribution is -2.64. The number of halogens is 5. The number of carbonyl (C=O) groups excluding carboxylic acids is 3. The number of piperidine rings is 1. The molecule has 1 saturated carbocycles. The van der Waals surface area contributed by atoms with Crippen LogP contribution in [0.3, 0.4) is 0 Å². The van der Waals surface area contributed by atoms with Gasteiger partial charge in [0.25, 0.3) is 5.91 Å². The number of rotatable bonds is 8. The van der Waals surface area contributed by atoms with E-state index in [0.29, 0.717) is 41.3 Å². The summed E-state index contributed by atoms with van der Waals surface area (Å²) in [6.45, 7) is 8.05. The van der Waals surface area contributed by atoms with Crippen LogP contribution in [-0.2, 0) is 21.4 Å². The number of benzene rings is 2. The van der Waals surface area contributed by atoms with E-state index in [2.05, 4.69) is 25.4 Å². The summed E-state index contributed by atoms with van der Waals surface area (Å²) in [6, 6.07) is 9.93. The van der Waals surface area contributed by atoms with Gasteiger partial charge in [-0.3, -0.25) is 34.2 Å². The summed E-state index contributed by atoms with van der Waals surface area (Å²) in [7, 11) is 0. The minimum absolute atomic E-state index is 0.0425. The number of aliphatic hydroxyl groups is 1. The Morgan fingerprint density at radius 3 is 2.14 bits per heavy atom. The summed E-state index contributed by atoms with van der Waals surface area (Å²) in [5.41, 5.74) is -1.56. The standard InChI is InChI=1S/C41H45F5N8O4/c1-40(2,58)29-19-33-23(16-34(29)48-39(57)32-4-3-5-35(47-32)41(44,45)46)20-54(50-33)25-8-6-24(7-9-25)51-12-14-52(15-13-51)27-21-53(22-27)26-17-30(42)37(31(43)18-26)28-10-11-36(55)49-38(28)56/h3-5,16-20,24-25,27-28,58H,6-15,21-22H2,1-2H3,(H,48,57)(H,49,55,56)/t24?,25?,28-/m1/s1. The molecule has 0 unspecified atom stereocenters. The van der Waals surface area contributed by atoms with Crippen molar-refractivity contribution in [3.63, 3.8) is 0 Å². The lowest BCUT2D eigenvalue weighted by Gasteiger charge is -2.50. The Morgan fingerprint density at radius 1 is 0.879 bits per heavy atom. The van der Waals surface area contributed by atoms with Crippen molar-refractivity contribution < 1.29 is 41.4 Å². The fourth-order valence-corrected chi connectivity index (χ4v) is 8.90. The van der Waals surface area contributed by atoms with E-state index in [9.17, 15) is 32.7 Å². The van der Waals surface area contributed by atoms with Crippen LogP contribution < -0.4 is 15.5 Å². The Labute approximate surface area is 331 Å². The number of hydrogen-bond donors (Lipinski definition) is 3. The minimum atomic E-state index is -4.70. The monoisotopic (exact) mass is 808 g/mol. The normalized spacial score (nSPS) is 22.9. The zero-order valence-electron chi connectivity index (χ0n) is 32.2. The van der Waals surface area contributed by atoms with Gasteiger partial charge in [0.1, 0.15) is 23.0 Å². The zero-order valence-corrected chi connectivity index (χ0v) is 32.2. The highest BCUT2D eigenvalue weighted by Gasteiger charge is 2.38. The van der Waals surface area contributed by atoms with Crippen LogP contribution in [0.25, 0.3) is 10.9 Å². The third-order valence-electron chi connectivity index (χ3n) is 12.1. The molecule has 1 aliphatic carbocycles. The first-order valence-corrected chi connectivity index (χ1v) is 19.7. The molecule has 0 bridgehead atoms. The highest BCUT2D eigenvalue weighted by Crippen LogP contribution is 2.37. The lowest BCUT2D eigenvalue weighted by molar-refractivity contribution is -0.141. The van der Waals surface area contributed by atoms with Gasteiger partial charge in [-0.25, -0.2) is 13.8 Å². The van der Waals surface area contributed by atoms with Gasteiger partial charge in [0.2, 0.25) is 11.8 Å². The first-order chi connectivity index (χ1) is 27.5. The van der Waals surface area contributed by atoms with Crippen molar-refractivity contribution in [2.45, 2.75) is 88.2 Å². The number of anilines is 2. The first kappa shape index (κ1) is 39.8. The second-order valence-corrected chi connectivity index (χ2v) is 16.4. The number of aromatic nitrogens is 3. The van der Waals surface area contributed by atoms with Gasteiger partial charge in [-0.15, -0.1) is 0 Å². The molecule has 1 atom stereocenters. The van der Waals surface area contributed by atoms with E-state index in [0.717, 1.165) is 64.0 Å². The Hall–Kier alpha value is -5.00. The van der Waals surface area contributed by atoms with Crippen molar-refractivity contribution in [1.82, 2.24) is 29.9 Å². The molecule has 58 heavy (non-hydrogen) atoms. The third kappa shape index (κ3) is 8.03. The fourth-order valence-electron chi connectivity index (χ4n) is 8.90. The van der Waals surface area contributed by atoms with Gasteiger partial charge in [-0.1, -0.05) is 6.07 Å². The number of nitrogens with one attached hydrogen (secondary N) is 2. The van der Waals surface area contributed by atoms with Crippen molar-refractivity contribution in [2.75, 3.05) is 49.5 Å². The molecule has 5 heterocycles. The lowest BCUT2D eigenvalue weighted by atomic mass is 9.89. The number of carbonyl (C=O) groups is 3. The Balaban J connectivity index is 0.843. The number of hydrogen-bond acceptors (Lipinski definition) is 9. The van der Waals surface area contributed by atoms with Crippen LogP contribution in [0.2, 0.25) is 0 Å². The van der Waals surface area contributed by atoms with Crippen molar-refractivity contribution in [2.24, 2.45) is 0 Å². The van der Waals surface area contributed by atoms with E-state index in [4.69, 9.17) is 5.10 Å². The van der Waals surface area contributed by atoms with Gasteiger partial charge in [0.05, 0.1) is 23.1 Å². The number of nitrogens with zero attached hydrogens (tertiary/aromatic N) is 6. The summed E-state index contributed by atoms with van der Waals surface area (Å²) in [4.78, 5) is 47.2. The highest BCUT2D eigenvalue weighted by molar-refractivity contribution is 6.04. The fraction of sp³-hybridized carbons (Fsp3) is 0.488. The molecule has 0 spiro atoms. The molecular formula is C41H45F5N8O4.